The van der Waals surface area contributed by atoms with Crippen LogP contribution in [0.15, 0.2) is 24.3 Å². The quantitative estimate of drug-likeness (QED) is 0.856. The second-order valence-electron chi connectivity index (χ2n) is 5.37. The first-order valence-electron chi connectivity index (χ1n) is 6.29. The van der Waals surface area contributed by atoms with Gasteiger partial charge < -0.3 is 9.84 Å². The zero-order chi connectivity index (χ0) is 11.7. The number of aliphatic hydroxyl groups excluding tert-OH is 1. The minimum Gasteiger partial charge on any atom is -0.396 e. The molecule has 0 aliphatic carbocycles. The highest BCUT2D eigenvalue weighted by molar-refractivity contribution is 5.30. The van der Waals surface area contributed by atoms with Gasteiger partial charge in [-0.3, -0.25) is 4.90 Å². The maximum atomic E-state index is 9.59. The van der Waals surface area contributed by atoms with Gasteiger partial charge in [0, 0.05) is 31.7 Å². The van der Waals surface area contributed by atoms with Crippen molar-refractivity contribution in [3.63, 3.8) is 0 Å². The summed E-state index contributed by atoms with van der Waals surface area (Å²) in [5, 5.41) is 9.59. The predicted octanol–water partition coefficient (Wildman–Crippen LogP) is 1.40. The van der Waals surface area contributed by atoms with Gasteiger partial charge in [-0.1, -0.05) is 24.3 Å². The molecule has 3 rings (SSSR count). The predicted molar refractivity (Wildman–Crippen MR) is 65.5 cm³/mol. The summed E-state index contributed by atoms with van der Waals surface area (Å²) in [5.74, 6) is 0. The van der Waals surface area contributed by atoms with Crippen molar-refractivity contribution in [2.75, 3.05) is 26.4 Å². The molecule has 2 aliphatic heterocycles. The van der Waals surface area contributed by atoms with Crippen LogP contribution in [0.2, 0.25) is 0 Å². The van der Waals surface area contributed by atoms with Gasteiger partial charge in [0.05, 0.1) is 13.2 Å². The van der Waals surface area contributed by atoms with E-state index in [2.05, 4.69) is 29.2 Å². The molecule has 1 unspecified atom stereocenters. The number of benzene rings is 1. The Morgan fingerprint density at radius 3 is 2.47 bits per heavy atom. The maximum absolute atomic E-state index is 9.59. The Kier molecular flexibility index (Phi) is 2.90. The van der Waals surface area contributed by atoms with Crippen LogP contribution >= 0.6 is 0 Å². The fourth-order valence-electron chi connectivity index (χ4n) is 2.94. The Labute approximate surface area is 102 Å². The van der Waals surface area contributed by atoms with Gasteiger partial charge >= 0.3 is 0 Å². The highest BCUT2D eigenvalue weighted by Gasteiger charge is 2.37. The highest BCUT2D eigenvalue weighted by Crippen LogP contribution is 2.32. The second kappa shape index (κ2) is 4.41. The van der Waals surface area contributed by atoms with E-state index in [0.29, 0.717) is 6.61 Å². The van der Waals surface area contributed by atoms with E-state index < -0.39 is 0 Å². The van der Waals surface area contributed by atoms with Crippen LogP contribution < -0.4 is 0 Å². The molecule has 1 aromatic rings. The van der Waals surface area contributed by atoms with E-state index in [-0.39, 0.29) is 12.0 Å². The molecule has 17 heavy (non-hydrogen) atoms. The van der Waals surface area contributed by atoms with Crippen LogP contribution in [0.4, 0.5) is 0 Å². The molecule has 92 valence electrons. The number of nitrogens with zero attached hydrogens (tertiary/aromatic N) is 1. The van der Waals surface area contributed by atoms with Gasteiger partial charge in [0.2, 0.25) is 0 Å². The summed E-state index contributed by atoms with van der Waals surface area (Å²) in [6, 6.07) is 8.60. The Bertz CT molecular complexity index is 374. The summed E-state index contributed by atoms with van der Waals surface area (Å²) in [6.45, 7) is 4.70. The molecule has 0 saturated carbocycles. The molecular weight excluding hydrogens is 214 g/mol. The van der Waals surface area contributed by atoms with Crippen molar-refractivity contribution < 1.29 is 9.84 Å². The van der Waals surface area contributed by atoms with Gasteiger partial charge in [-0.2, -0.15) is 0 Å². The minimum absolute atomic E-state index is 0.0258. The van der Waals surface area contributed by atoms with E-state index in [4.69, 9.17) is 4.74 Å². The van der Waals surface area contributed by atoms with Crippen molar-refractivity contribution in [1.29, 1.82) is 0 Å². The number of aliphatic hydroxyl groups is 1. The minimum atomic E-state index is -0.0258. The van der Waals surface area contributed by atoms with Crippen molar-refractivity contribution >= 4 is 0 Å². The summed E-state index contributed by atoms with van der Waals surface area (Å²) in [7, 11) is 0. The van der Waals surface area contributed by atoms with E-state index in [1.54, 1.807) is 0 Å². The van der Waals surface area contributed by atoms with Crippen LogP contribution in [0.1, 0.15) is 17.5 Å². The third kappa shape index (κ3) is 2.10. The highest BCUT2D eigenvalue weighted by atomic mass is 16.5. The van der Waals surface area contributed by atoms with Crippen LogP contribution in [0.5, 0.6) is 0 Å². The first-order chi connectivity index (χ1) is 8.31. The number of ether oxygens (including phenoxy) is 1. The molecule has 0 radical (unpaired) electrons. The first kappa shape index (κ1) is 11.2. The lowest BCUT2D eigenvalue weighted by molar-refractivity contribution is 0.0556. The van der Waals surface area contributed by atoms with E-state index >= 15 is 0 Å². The zero-order valence-corrected chi connectivity index (χ0v) is 10.1. The van der Waals surface area contributed by atoms with Crippen molar-refractivity contribution in [3.05, 3.63) is 35.4 Å². The van der Waals surface area contributed by atoms with E-state index in [9.17, 15) is 5.11 Å². The molecule has 3 nitrogen and oxygen atoms in total. The van der Waals surface area contributed by atoms with Gasteiger partial charge in [-0.25, -0.2) is 0 Å². The van der Waals surface area contributed by atoms with E-state index in [1.807, 2.05) is 0 Å². The first-order valence-corrected chi connectivity index (χ1v) is 6.29. The molecule has 1 fully saturated rings. The molecule has 3 heteroatoms. The van der Waals surface area contributed by atoms with E-state index in [0.717, 1.165) is 32.7 Å². The molecule has 0 amide bonds. The van der Waals surface area contributed by atoms with Crippen LogP contribution in [0, 0.1) is 5.41 Å². The normalized spacial score (nSPS) is 28.5. The Morgan fingerprint density at radius 1 is 1.24 bits per heavy atom. The second-order valence-corrected chi connectivity index (χ2v) is 5.37. The molecule has 2 heterocycles. The molecule has 2 aliphatic rings. The van der Waals surface area contributed by atoms with Gasteiger partial charge in [-0.05, 0) is 17.5 Å². The molecule has 1 N–H and O–H groups in total. The van der Waals surface area contributed by atoms with Crippen molar-refractivity contribution in [2.24, 2.45) is 5.41 Å². The van der Waals surface area contributed by atoms with Gasteiger partial charge in [0.1, 0.15) is 0 Å². The third-order valence-electron chi connectivity index (χ3n) is 3.99. The summed E-state index contributed by atoms with van der Waals surface area (Å²) < 4.78 is 5.45. The molecule has 0 bridgehead atoms. The van der Waals surface area contributed by atoms with Gasteiger partial charge in [0.15, 0.2) is 0 Å². The Morgan fingerprint density at radius 2 is 1.94 bits per heavy atom. The smallest absolute Gasteiger partial charge is 0.0557 e. The number of hydrogen-bond donors (Lipinski definition) is 1. The van der Waals surface area contributed by atoms with Crippen LogP contribution in [-0.4, -0.2) is 36.4 Å². The van der Waals surface area contributed by atoms with Gasteiger partial charge in [0.25, 0.3) is 0 Å². The Balaban J connectivity index is 1.69. The fraction of sp³-hybridized carbons (Fsp3) is 0.571. The average molecular weight is 233 g/mol. The monoisotopic (exact) mass is 233 g/mol. The molecule has 1 saturated heterocycles. The van der Waals surface area contributed by atoms with E-state index in [1.165, 1.54) is 11.1 Å². The van der Waals surface area contributed by atoms with Crippen molar-refractivity contribution in [1.82, 2.24) is 4.90 Å². The molecule has 1 aromatic carbocycles. The molecule has 0 spiro atoms. The summed E-state index contributed by atoms with van der Waals surface area (Å²) in [5.41, 5.74) is 2.83. The summed E-state index contributed by atoms with van der Waals surface area (Å²) in [4.78, 5) is 2.43. The van der Waals surface area contributed by atoms with Crippen molar-refractivity contribution in [3.8, 4) is 0 Å². The third-order valence-corrected chi connectivity index (χ3v) is 3.99. The van der Waals surface area contributed by atoms with Crippen molar-refractivity contribution in [2.45, 2.75) is 19.5 Å². The lowest BCUT2D eigenvalue weighted by Gasteiger charge is -2.30. The summed E-state index contributed by atoms with van der Waals surface area (Å²) >= 11 is 0. The SMILES string of the molecule is OCC1(CN2Cc3ccccc3C2)CCOC1. The standard InChI is InChI=1S/C14H19NO2/c16-10-14(5-6-17-11-14)9-15-7-12-3-1-2-4-13(12)8-15/h1-4,16H,5-11H2. The zero-order valence-electron chi connectivity index (χ0n) is 10.1. The average Bonchev–Trinajstić information content (AvgIpc) is 2.95. The van der Waals surface area contributed by atoms with Crippen LogP contribution in [-0.2, 0) is 17.8 Å². The van der Waals surface area contributed by atoms with Crippen LogP contribution in [0.3, 0.4) is 0 Å². The Hall–Kier alpha value is -0.900. The molecule has 0 aromatic heterocycles. The number of hydrogen-bond acceptors (Lipinski definition) is 3. The topological polar surface area (TPSA) is 32.7 Å². The lowest BCUT2D eigenvalue weighted by atomic mass is 9.88. The molecule has 1 atom stereocenters. The summed E-state index contributed by atoms with van der Waals surface area (Å²) in [6.07, 6.45) is 0.982. The number of rotatable bonds is 3. The number of fused-ring (bicyclic) bond motifs is 1. The molecular formula is C14H19NO2. The fourth-order valence-corrected chi connectivity index (χ4v) is 2.94. The lowest BCUT2D eigenvalue weighted by Crippen LogP contribution is -2.38. The maximum Gasteiger partial charge on any atom is 0.0557 e. The van der Waals surface area contributed by atoms with Crippen LogP contribution in [0.25, 0.3) is 0 Å². The van der Waals surface area contributed by atoms with Gasteiger partial charge in [-0.15, -0.1) is 0 Å². The largest absolute Gasteiger partial charge is 0.396 e.